The van der Waals surface area contributed by atoms with Crippen LogP contribution in [0.3, 0.4) is 0 Å². The monoisotopic (exact) mass is 338 g/mol. The standard InChI is InChI=1S/C19H34O3Si/c1-10-11-12-16(4)17(13-14-18(20)21-15(2)3)22-23(8,9)19(5,6)7/h15,17H,4,10-12H2,1-3,5-9H3/t17-/m1/s1. The number of carbonyl (C=O) groups is 1. The fourth-order valence-electron chi connectivity index (χ4n) is 1.59. The van der Waals surface area contributed by atoms with E-state index in [9.17, 15) is 4.79 Å². The molecule has 132 valence electrons. The van der Waals surface area contributed by atoms with E-state index in [2.05, 4.69) is 59.2 Å². The second-order valence-corrected chi connectivity index (χ2v) is 12.5. The van der Waals surface area contributed by atoms with Crippen LogP contribution >= 0.6 is 0 Å². The third-order valence-electron chi connectivity index (χ3n) is 4.09. The highest BCUT2D eigenvalue weighted by molar-refractivity contribution is 6.74. The lowest BCUT2D eigenvalue weighted by atomic mass is 10.1. The van der Waals surface area contributed by atoms with Gasteiger partial charge in [-0.15, -0.1) is 0 Å². The number of carbonyl (C=O) groups excluding carboxylic acids is 1. The van der Waals surface area contributed by atoms with Gasteiger partial charge in [0, 0.05) is 5.92 Å². The minimum atomic E-state index is -1.99. The Hall–Kier alpha value is -1.05. The zero-order valence-corrected chi connectivity index (χ0v) is 17.2. The van der Waals surface area contributed by atoms with Gasteiger partial charge in [-0.1, -0.05) is 46.6 Å². The smallest absolute Gasteiger partial charge is 0.384 e. The van der Waals surface area contributed by atoms with Crippen LogP contribution in [0.15, 0.2) is 12.2 Å². The van der Waals surface area contributed by atoms with Crippen molar-refractivity contribution < 1.29 is 14.0 Å². The van der Waals surface area contributed by atoms with Crippen LogP contribution in [0.2, 0.25) is 18.1 Å². The molecule has 0 aromatic rings. The molecule has 0 fully saturated rings. The van der Waals surface area contributed by atoms with Crippen LogP contribution in [-0.2, 0) is 14.0 Å². The molecule has 0 aromatic heterocycles. The topological polar surface area (TPSA) is 35.5 Å². The van der Waals surface area contributed by atoms with Crippen molar-refractivity contribution in [1.82, 2.24) is 0 Å². The van der Waals surface area contributed by atoms with Gasteiger partial charge in [0.05, 0.1) is 6.10 Å². The highest BCUT2D eigenvalue weighted by atomic mass is 28.4. The summed E-state index contributed by atoms with van der Waals surface area (Å²) in [4.78, 5) is 11.7. The van der Waals surface area contributed by atoms with E-state index in [0.29, 0.717) is 0 Å². The summed E-state index contributed by atoms with van der Waals surface area (Å²) in [6, 6.07) is 0. The molecule has 0 spiro atoms. The van der Waals surface area contributed by atoms with Gasteiger partial charge < -0.3 is 9.16 Å². The Balaban J connectivity index is 5.22. The summed E-state index contributed by atoms with van der Waals surface area (Å²) in [5.74, 6) is 5.01. The molecule has 0 saturated heterocycles. The van der Waals surface area contributed by atoms with Gasteiger partial charge >= 0.3 is 5.97 Å². The van der Waals surface area contributed by atoms with Crippen LogP contribution in [0.5, 0.6) is 0 Å². The fraction of sp³-hybridized carbons (Fsp3) is 0.737. The Morgan fingerprint density at radius 2 is 1.83 bits per heavy atom. The molecule has 23 heavy (non-hydrogen) atoms. The molecule has 0 amide bonds. The zero-order valence-electron chi connectivity index (χ0n) is 16.2. The molecule has 0 radical (unpaired) electrons. The Morgan fingerprint density at radius 3 is 2.26 bits per heavy atom. The molecule has 0 aromatic carbocycles. The minimum Gasteiger partial charge on any atom is -0.453 e. The van der Waals surface area contributed by atoms with Crippen molar-refractivity contribution in [1.29, 1.82) is 0 Å². The zero-order chi connectivity index (χ0) is 18.3. The largest absolute Gasteiger partial charge is 0.453 e. The van der Waals surface area contributed by atoms with Crippen molar-refractivity contribution in [2.75, 3.05) is 0 Å². The average molecular weight is 339 g/mol. The summed E-state index contributed by atoms with van der Waals surface area (Å²) in [6.45, 7) is 20.8. The maximum atomic E-state index is 11.7. The highest BCUT2D eigenvalue weighted by Gasteiger charge is 2.39. The molecule has 0 N–H and O–H groups in total. The molecule has 0 aliphatic carbocycles. The lowest BCUT2D eigenvalue weighted by Crippen LogP contribution is -2.44. The Bertz CT molecular complexity index is 461. The number of ether oxygens (including phenoxy) is 1. The van der Waals surface area contributed by atoms with E-state index < -0.39 is 20.4 Å². The van der Waals surface area contributed by atoms with E-state index in [0.717, 1.165) is 24.8 Å². The molecular weight excluding hydrogens is 304 g/mol. The third kappa shape index (κ3) is 8.38. The van der Waals surface area contributed by atoms with E-state index in [-0.39, 0.29) is 11.1 Å². The summed E-state index contributed by atoms with van der Waals surface area (Å²) in [5.41, 5.74) is 0.946. The molecule has 0 saturated carbocycles. The van der Waals surface area contributed by atoms with Gasteiger partial charge in [-0.25, -0.2) is 4.79 Å². The molecule has 0 aliphatic rings. The average Bonchev–Trinajstić information content (AvgIpc) is 2.38. The molecule has 1 atom stereocenters. The van der Waals surface area contributed by atoms with E-state index in [1.807, 2.05) is 13.8 Å². The summed E-state index contributed by atoms with van der Waals surface area (Å²) in [7, 11) is -1.99. The van der Waals surface area contributed by atoms with Gasteiger partial charge in [0.1, 0.15) is 6.10 Å². The van der Waals surface area contributed by atoms with Crippen LogP contribution < -0.4 is 0 Å². The Kier molecular flexibility index (Phi) is 8.87. The lowest BCUT2D eigenvalue weighted by Gasteiger charge is -2.38. The number of hydrogen-bond donors (Lipinski definition) is 0. The second kappa shape index (κ2) is 9.29. The minimum absolute atomic E-state index is 0.0798. The third-order valence-corrected chi connectivity index (χ3v) is 8.53. The predicted molar refractivity (Wildman–Crippen MR) is 99.7 cm³/mol. The maximum Gasteiger partial charge on any atom is 0.384 e. The van der Waals surface area contributed by atoms with Gasteiger partial charge in [0.25, 0.3) is 0 Å². The Morgan fingerprint density at radius 1 is 1.26 bits per heavy atom. The van der Waals surface area contributed by atoms with Gasteiger partial charge in [0.15, 0.2) is 8.32 Å². The normalized spacial score (nSPS) is 13.3. The number of unbranched alkanes of at least 4 members (excludes halogenated alkanes) is 1. The SMILES string of the molecule is C=C(CCCC)[C@@H](C#CC(=O)OC(C)C)O[Si](C)(C)C(C)(C)C. The highest BCUT2D eigenvalue weighted by Crippen LogP contribution is 2.38. The Labute approximate surface area is 144 Å². The summed E-state index contributed by atoms with van der Waals surface area (Å²) >= 11 is 0. The molecule has 0 rings (SSSR count). The molecule has 4 heteroatoms. The number of rotatable bonds is 7. The molecule has 3 nitrogen and oxygen atoms in total. The quantitative estimate of drug-likeness (QED) is 0.213. The van der Waals surface area contributed by atoms with Crippen molar-refractivity contribution in [2.45, 2.75) is 91.1 Å². The first-order chi connectivity index (χ1) is 10.4. The second-order valence-electron chi connectivity index (χ2n) is 7.74. The van der Waals surface area contributed by atoms with Gasteiger partial charge in [-0.05, 0) is 50.4 Å². The van der Waals surface area contributed by atoms with Crippen LogP contribution in [0.1, 0.15) is 60.8 Å². The van der Waals surface area contributed by atoms with Gasteiger partial charge in [-0.3, -0.25) is 0 Å². The van der Waals surface area contributed by atoms with Crippen LogP contribution in [-0.4, -0.2) is 26.5 Å². The van der Waals surface area contributed by atoms with Crippen LogP contribution in [0.4, 0.5) is 0 Å². The van der Waals surface area contributed by atoms with E-state index in [1.54, 1.807) is 0 Å². The van der Waals surface area contributed by atoms with Crippen molar-refractivity contribution in [2.24, 2.45) is 0 Å². The lowest BCUT2D eigenvalue weighted by molar-refractivity contribution is -0.140. The van der Waals surface area contributed by atoms with Gasteiger partial charge in [0.2, 0.25) is 0 Å². The van der Waals surface area contributed by atoms with Gasteiger partial charge in [-0.2, -0.15) is 0 Å². The summed E-state index contributed by atoms with van der Waals surface area (Å²) in [6.07, 6.45) is 2.44. The summed E-state index contributed by atoms with van der Waals surface area (Å²) < 4.78 is 11.4. The van der Waals surface area contributed by atoms with Crippen LogP contribution in [0.25, 0.3) is 0 Å². The van der Waals surface area contributed by atoms with Crippen molar-refractivity contribution in [3.63, 3.8) is 0 Å². The predicted octanol–water partition coefficient (Wildman–Crippen LogP) is 5.08. The van der Waals surface area contributed by atoms with Crippen molar-refractivity contribution in [3.8, 4) is 11.8 Å². The number of esters is 1. The molecule has 0 heterocycles. The first-order valence-corrected chi connectivity index (χ1v) is 11.4. The molecule has 0 bridgehead atoms. The first kappa shape index (κ1) is 21.9. The van der Waals surface area contributed by atoms with Crippen molar-refractivity contribution >= 4 is 14.3 Å². The summed E-state index contributed by atoms with van der Waals surface area (Å²) in [5, 5.41) is 0.0798. The van der Waals surface area contributed by atoms with E-state index >= 15 is 0 Å². The fourth-order valence-corrected chi connectivity index (χ4v) is 2.76. The first-order valence-electron chi connectivity index (χ1n) is 8.48. The molecular formula is C19H34O3Si. The molecule has 0 aliphatic heterocycles. The van der Waals surface area contributed by atoms with E-state index in [1.165, 1.54) is 0 Å². The maximum absolute atomic E-state index is 11.7. The van der Waals surface area contributed by atoms with Crippen LogP contribution in [0, 0.1) is 11.8 Å². The van der Waals surface area contributed by atoms with E-state index in [4.69, 9.17) is 9.16 Å². The van der Waals surface area contributed by atoms with Crippen molar-refractivity contribution in [3.05, 3.63) is 12.2 Å². The number of hydrogen-bond acceptors (Lipinski definition) is 3. The molecule has 0 unspecified atom stereocenters.